The zero-order chi connectivity index (χ0) is 12.0. The first kappa shape index (κ1) is 12.0. The molecule has 16 heavy (non-hydrogen) atoms. The van der Waals surface area contributed by atoms with Crippen molar-refractivity contribution in [1.29, 1.82) is 0 Å². The van der Waals surface area contributed by atoms with Crippen molar-refractivity contribution in [2.24, 2.45) is 5.73 Å². The summed E-state index contributed by atoms with van der Waals surface area (Å²) in [4.78, 5) is 22.4. The lowest BCUT2D eigenvalue weighted by Crippen LogP contribution is -2.38. The quantitative estimate of drug-likeness (QED) is 0.744. The van der Waals surface area contributed by atoms with E-state index in [2.05, 4.69) is 5.32 Å². The van der Waals surface area contributed by atoms with E-state index in [0.29, 0.717) is 5.56 Å². The van der Waals surface area contributed by atoms with Gasteiger partial charge in [-0.2, -0.15) is 0 Å². The maximum absolute atomic E-state index is 11.6. The molecule has 1 atom stereocenters. The van der Waals surface area contributed by atoms with Crippen LogP contribution < -0.4 is 11.1 Å². The number of benzene rings is 1. The molecule has 0 radical (unpaired) electrons. The van der Waals surface area contributed by atoms with Gasteiger partial charge in [-0.15, -0.1) is 0 Å². The van der Waals surface area contributed by atoms with Crippen molar-refractivity contribution in [1.82, 2.24) is 5.32 Å². The highest BCUT2D eigenvalue weighted by Crippen LogP contribution is 2.13. The van der Waals surface area contributed by atoms with E-state index in [9.17, 15) is 9.59 Å². The highest BCUT2D eigenvalue weighted by atomic mass is 16.5. The highest BCUT2D eigenvalue weighted by molar-refractivity contribution is 5.83. The fourth-order valence-electron chi connectivity index (χ4n) is 1.29. The molecule has 0 saturated heterocycles. The first-order chi connectivity index (χ1) is 7.65. The Balaban J connectivity index is 2.87. The van der Waals surface area contributed by atoms with Crippen LogP contribution in [-0.2, 0) is 9.53 Å². The van der Waals surface area contributed by atoms with Gasteiger partial charge in [-0.25, -0.2) is 9.59 Å². The third kappa shape index (κ3) is 3.27. The van der Waals surface area contributed by atoms with E-state index in [1.807, 2.05) is 6.07 Å². The summed E-state index contributed by atoms with van der Waals surface area (Å²) in [6.45, 7) is 1.95. The Hall–Kier alpha value is -2.04. The summed E-state index contributed by atoms with van der Waals surface area (Å²) >= 11 is 0. The minimum Gasteiger partial charge on any atom is -0.464 e. The summed E-state index contributed by atoms with van der Waals surface area (Å²) in [5, 5.41) is 2.35. The van der Waals surface area contributed by atoms with Crippen molar-refractivity contribution in [2.45, 2.75) is 13.0 Å². The molecule has 0 aliphatic heterocycles. The van der Waals surface area contributed by atoms with E-state index in [-0.39, 0.29) is 6.61 Å². The monoisotopic (exact) mass is 222 g/mol. The van der Waals surface area contributed by atoms with Gasteiger partial charge < -0.3 is 15.8 Å². The van der Waals surface area contributed by atoms with Crippen LogP contribution in [0.5, 0.6) is 0 Å². The number of hydrogen-bond acceptors (Lipinski definition) is 3. The molecule has 5 nitrogen and oxygen atoms in total. The molecule has 86 valence electrons. The Labute approximate surface area is 93.6 Å². The van der Waals surface area contributed by atoms with Crippen LogP contribution in [0.2, 0.25) is 0 Å². The molecule has 0 saturated carbocycles. The maximum Gasteiger partial charge on any atom is 0.333 e. The lowest BCUT2D eigenvalue weighted by molar-refractivity contribution is -0.145. The molecule has 0 spiro atoms. The predicted molar refractivity (Wildman–Crippen MR) is 58.5 cm³/mol. The lowest BCUT2D eigenvalue weighted by Gasteiger charge is -2.16. The van der Waals surface area contributed by atoms with E-state index >= 15 is 0 Å². The van der Waals surface area contributed by atoms with Crippen LogP contribution in [0.1, 0.15) is 18.5 Å². The third-order valence-corrected chi connectivity index (χ3v) is 1.94. The summed E-state index contributed by atoms with van der Waals surface area (Å²) in [5.41, 5.74) is 5.65. The first-order valence-electron chi connectivity index (χ1n) is 4.92. The number of ether oxygens (including phenoxy) is 1. The second-order valence-corrected chi connectivity index (χ2v) is 3.10. The number of hydrogen-bond donors (Lipinski definition) is 2. The van der Waals surface area contributed by atoms with Gasteiger partial charge in [0.05, 0.1) is 6.61 Å². The number of rotatable bonds is 4. The molecule has 1 unspecified atom stereocenters. The van der Waals surface area contributed by atoms with Crippen LogP contribution in [0.4, 0.5) is 4.79 Å². The van der Waals surface area contributed by atoms with Gasteiger partial charge in [-0.1, -0.05) is 30.3 Å². The molecule has 0 heterocycles. The third-order valence-electron chi connectivity index (χ3n) is 1.94. The average molecular weight is 222 g/mol. The number of amides is 2. The zero-order valence-corrected chi connectivity index (χ0v) is 8.97. The number of carbonyl (C=O) groups excluding carboxylic acids is 2. The van der Waals surface area contributed by atoms with Crippen LogP contribution in [0, 0.1) is 0 Å². The molecular weight excluding hydrogens is 208 g/mol. The summed E-state index contributed by atoms with van der Waals surface area (Å²) in [7, 11) is 0. The summed E-state index contributed by atoms with van der Waals surface area (Å²) in [6.07, 6.45) is 0. The van der Waals surface area contributed by atoms with E-state index in [1.165, 1.54) is 0 Å². The maximum atomic E-state index is 11.6. The predicted octanol–water partition coefficient (Wildman–Crippen LogP) is 0.959. The number of esters is 1. The molecular formula is C11H14N2O3. The molecule has 2 amide bonds. The summed E-state index contributed by atoms with van der Waals surface area (Å²) in [5.74, 6) is -0.521. The fraction of sp³-hybridized carbons (Fsp3) is 0.273. The molecule has 5 heteroatoms. The molecule has 1 aromatic rings. The Morgan fingerprint density at radius 1 is 1.38 bits per heavy atom. The SMILES string of the molecule is CCOC(=O)C(NC(N)=O)c1ccccc1. The number of nitrogens with one attached hydrogen (secondary N) is 1. The van der Waals surface area contributed by atoms with Crippen molar-refractivity contribution in [3.63, 3.8) is 0 Å². The summed E-state index contributed by atoms with van der Waals surface area (Å²) < 4.78 is 4.85. The topological polar surface area (TPSA) is 81.4 Å². The molecule has 0 bridgehead atoms. The number of carbonyl (C=O) groups is 2. The molecule has 0 aromatic heterocycles. The smallest absolute Gasteiger partial charge is 0.333 e. The van der Waals surface area contributed by atoms with Gasteiger partial charge in [-0.05, 0) is 12.5 Å². The van der Waals surface area contributed by atoms with Crippen LogP contribution >= 0.6 is 0 Å². The highest BCUT2D eigenvalue weighted by Gasteiger charge is 2.22. The minimum absolute atomic E-state index is 0.253. The second kappa shape index (κ2) is 5.75. The zero-order valence-electron chi connectivity index (χ0n) is 8.97. The Bertz CT molecular complexity index is 365. The number of urea groups is 1. The van der Waals surface area contributed by atoms with Crippen molar-refractivity contribution >= 4 is 12.0 Å². The molecule has 0 fully saturated rings. The van der Waals surface area contributed by atoms with Crippen LogP contribution in [0.3, 0.4) is 0 Å². The number of primary amides is 1. The number of nitrogens with two attached hydrogens (primary N) is 1. The summed E-state index contributed by atoms with van der Waals surface area (Å²) in [6, 6.07) is 7.18. The van der Waals surface area contributed by atoms with Gasteiger partial charge in [0, 0.05) is 0 Å². The van der Waals surface area contributed by atoms with Crippen LogP contribution in [-0.4, -0.2) is 18.6 Å². The largest absolute Gasteiger partial charge is 0.464 e. The molecule has 1 aromatic carbocycles. The Morgan fingerprint density at radius 3 is 2.50 bits per heavy atom. The first-order valence-corrected chi connectivity index (χ1v) is 4.92. The van der Waals surface area contributed by atoms with Gasteiger partial charge in [0.25, 0.3) is 0 Å². The van der Waals surface area contributed by atoms with Gasteiger partial charge in [-0.3, -0.25) is 0 Å². The molecule has 0 aliphatic carbocycles. The van der Waals surface area contributed by atoms with E-state index in [4.69, 9.17) is 10.5 Å². The van der Waals surface area contributed by atoms with Crippen LogP contribution in [0.25, 0.3) is 0 Å². The molecule has 1 rings (SSSR count). The molecule has 3 N–H and O–H groups in total. The average Bonchev–Trinajstić information content (AvgIpc) is 2.27. The fourth-order valence-corrected chi connectivity index (χ4v) is 1.29. The van der Waals surface area contributed by atoms with E-state index in [1.54, 1.807) is 31.2 Å². The second-order valence-electron chi connectivity index (χ2n) is 3.10. The van der Waals surface area contributed by atoms with Crippen LogP contribution in [0.15, 0.2) is 30.3 Å². The minimum atomic E-state index is -0.848. The van der Waals surface area contributed by atoms with Gasteiger partial charge in [0.2, 0.25) is 0 Å². The lowest BCUT2D eigenvalue weighted by atomic mass is 10.1. The van der Waals surface area contributed by atoms with Crippen molar-refractivity contribution in [3.05, 3.63) is 35.9 Å². The van der Waals surface area contributed by atoms with E-state index in [0.717, 1.165) is 0 Å². The Kier molecular flexibility index (Phi) is 4.32. The normalized spacial score (nSPS) is 11.6. The van der Waals surface area contributed by atoms with Crippen molar-refractivity contribution in [3.8, 4) is 0 Å². The van der Waals surface area contributed by atoms with Crippen molar-refractivity contribution in [2.75, 3.05) is 6.61 Å². The standard InChI is InChI=1S/C11H14N2O3/c1-2-16-10(14)9(13-11(12)15)8-6-4-3-5-7-8/h3-7,9H,2H2,1H3,(H3,12,13,15). The van der Waals surface area contributed by atoms with Gasteiger partial charge >= 0.3 is 12.0 Å². The van der Waals surface area contributed by atoms with E-state index < -0.39 is 18.0 Å². The van der Waals surface area contributed by atoms with Gasteiger partial charge in [0.15, 0.2) is 6.04 Å². The van der Waals surface area contributed by atoms with Crippen molar-refractivity contribution < 1.29 is 14.3 Å². The Morgan fingerprint density at radius 2 is 2.00 bits per heavy atom. The molecule has 0 aliphatic rings. The van der Waals surface area contributed by atoms with Gasteiger partial charge in [0.1, 0.15) is 0 Å².